The van der Waals surface area contributed by atoms with Gasteiger partial charge in [0.05, 0.1) is 19.1 Å². The van der Waals surface area contributed by atoms with Crippen molar-refractivity contribution in [2.45, 2.75) is 26.3 Å². The Bertz CT molecular complexity index is 668. The van der Waals surface area contributed by atoms with Gasteiger partial charge in [0.15, 0.2) is 0 Å². The summed E-state index contributed by atoms with van der Waals surface area (Å²) in [7, 11) is 0. The van der Waals surface area contributed by atoms with Crippen LogP contribution in [0, 0.1) is 11.3 Å². The van der Waals surface area contributed by atoms with E-state index in [-0.39, 0.29) is 5.56 Å². The third-order valence-electron chi connectivity index (χ3n) is 2.89. The largest absolute Gasteiger partial charge is 0.494 e. The van der Waals surface area contributed by atoms with Crippen LogP contribution in [0.4, 0.5) is 0 Å². The van der Waals surface area contributed by atoms with Gasteiger partial charge < -0.3 is 9.30 Å². The molecule has 0 aliphatic heterocycles. The molecule has 0 aliphatic rings. The Kier molecular flexibility index (Phi) is 4.19. The first-order valence-corrected chi connectivity index (χ1v) is 6.39. The number of aryl methyl sites for hydroxylation is 1. The number of hydrogen-bond donors (Lipinski definition) is 0. The van der Waals surface area contributed by atoms with Crippen molar-refractivity contribution in [1.29, 1.82) is 5.26 Å². The van der Waals surface area contributed by atoms with E-state index in [0.717, 1.165) is 17.6 Å². The summed E-state index contributed by atoms with van der Waals surface area (Å²) >= 11 is 0. The van der Waals surface area contributed by atoms with Gasteiger partial charge in [-0.1, -0.05) is 6.92 Å². The van der Waals surface area contributed by atoms with Gasteiger partial charge in [0.25, 0.3) is 5.56 Å². The maximum Gasteiger partial charge on any atom is 0.258 e. The Hall–Kier alpha value is -2.28. The zero-order valence-electron chi connectivity index (χ0n) is 10.9. The van der Waals surface area contributed by atoms with E-state index >= 15 is 0 Å². The summed E-state index contributed by atoms with van der Waals surface area (Å²) < 4.78 is 7.11. The molecule has 0 amide bonds. The average molecular weight is 256 g/mol. The molecule has 1 aromatic carbocycles. The van der Waals surface area contributed by atoms with Gasteiger partial charge in [0, 0.05) is 18.1 Å². The SMILES string of the molecule is CCCOc1ccc2c(=O)n(CCC#N)ccc2c1. The molecule has 0 radical (unpaired) electrons. The second-order valence-electron chi connectivity index (χ2n) is 4.32. The Balaban J connectivity index is 2.37. The molecule has 0 N–H and O–H groups in total. The molecular formula is C15H16N2O2. The fraction of sp³-hybridized carbons (Fsp3) is 0.333. The molecule has 0 saturated carbocycles. The Morgan fingerprint density at radius 1 is 1.37 bits per heavy atom. The second-order valence-corrected chi connectivity index (χ2v) is 4.32. The number of pyridine rings is 1. The van der Waals surface area contributed by atoms with Crippen molar-refractivity contribution in [1.82, 2.24) is 4.57 Å². The standard InChI is InChI=1S/C15H16N2O2/c1-2-10-19-13-4-5-14-12(11-13)6-9-17(15(14)18)8-3-7-16/h4-6,9,11H,2-3,8,10H2,1H3. The number of benzene rings is 1. The second kappa shape index (κ2) is 6.05. The van der Waals surface area contributed by atoms with E-state index < -0.39 is 0 Å². The first-order valence-electron chi connectivity index (χ1n) is 6.39. The van der Waals surface area contributed by atoms with Gasteiger partial charge in [-0.05, 0) is 36.1 Å². The van der Waals surface area contributed by atoms with Crippen molar-refractivity contribution < 1.29 is 4.74 Å². The van der Waals surface area contributed by atoms with Gasteiger partial charge in [-0.2, -0.15) is 5.26 Å². The van der Waals surface area contributed by atoms with E-state index in [9.17, 15) is 4.79 Å². The summed E-state index contributed by atoms with van der Waals surface area (Å²) in [4.78, 5) is 12.2. The summed E-state index contributed by atoms with van der Waals surface area (Å²) in [5.74, 6) is 0.781. The normalized spacial score (nSPS) is 10.3. The van der Waals surface area contributed by atoms with E-state index in [2.05, 4.69) is 6.92 Å². The minimum absolute atomic E-state index is 0.0604. The molecule has 98 valence electrons. The lowest BCUT2D eigenvalue weighted by Crippen LogP contribution is -2.19. The molecule has 1 aromatic heterocycles. The van der Waals surface area contributed by atoms with Crippen molar-refractivity contribution in [3.8, 4) is 11.8 Å². The molecule has 0 bridgehead atoms. The van der Waals surface area contributed by atoms with Crippen molar-refractivity contribution >= 4 is 10.8 Å². The summed E-state index contributed by atoms with van der Waals surface area (Å²) in [6.45, 7) is 3.15. The predicted octanol–water partition coefficient (Wildman–Crippen LogP) is 2.70. The molecule has 1 heterocycles. The third-order valence-corrected chi connectivity index (χ3v) is 2.89. The molecule has 0 unspecified atom stereocenters. The highest BCUT2D eigenvalue weighted by Gasteiger charge is 2.04. The molecule has 0 spiro atoms. The number of fused-ring (bicyclic) bond motifs is 1. The van der Waals surface area contributed by atoms with Crippen LogP contribution in [0.2, 0.25) is 0 Å². The lowest BCUT2D eigenvalue weighted by molar-refractivity contribution is 0.318. The van der Waals surface area contributed by atoms with Crippen LogP contribution >= 0.6 is 0 Å². The molecule has 0 aliphatic carbocycles. The zero-order chi connectivity index (χ0) is 13.7. The Morgan fingerprint density at radius 3 is 2.95 bits per heavy atom. The summed E-state index contributed by atoms with van der Waals surface area (Å²) in [5.41, 5.74) is -0.0604. The fourth-order valence-corrected chi connectivity index (χ4v) is 1.92. The molecule has 4 heteroatoms. The number of ether oxygens (including phenoxy) is 1. The Labute approximate surface area is 111 Å². The summed E-state index contributed by atoms with van der Waals surface area (Å²) in [5, 5.41) is 10.1. The summed E-state index contributed by atoms with van der Waals surface area (Å²) in [6, 6.07) is 9.40. The van der Waals surface area contributed by atoms with Crippen LogP contribution in [0.3, 0.4) is 0 Å². The lowest BCUT2D eigenvalue weighted by Gasteiger charge is -2.08. The zero-order valence-corrected chi connectivity index (χ0v) is 10.9. The monoisotopic (exact) mass is 256 g/mol. The average Bonchev–Trinajstić information content (AvgIpc) is 2.44. The third kappa shape index (κ3) is 2.94. The molecule has 0 atom stereocenters. The maximum atomic E-state index is 12.2. The van der Waals surface area contributed by atoms with E-state index in [1.165, 1.54) is 0 Å². The lowest BCUT2D eigenvalue weighted by atomic mass is 10.1. The van der Waals surface area contributed by atoms with Gasteiger partial charge in [0.2, 0.25) is 0 Å². The van der Waals surface area contributed by atoms with Crippen molar-refractivity contribution in [3.63, 3.8) is 0 Å². The predicted molar refractivity (Wildman–Crippen MR) is 74.2 cm³/mol. The highest BCUT2D eigenvalue weighted by atomic mass is 16.5. The molecule has 19 heavy (non-hydrogen) atoms. The van der Waals surface area contributed by atoms with Crippen LogP contribution in [0.15, 0.2) is 35.3 Å². The van der Waals surface area contributed by atoms with E-state index in [1.54, 1.807) is 16.8 Å². The van der Waals surface area contributed by atoms with Crippen LogP contribution in [0.5, 0.6) is 5.75 Å². The first kappa shape index (κ1) is 13.2. The van der Waals surface area contributed by atoms with Crippen molar-refractivity contribution in [2.75, 3.05) is 6.61 Å². The first-order chi connectivity index (χ1) is 9.26. The number of nitrogens with zero attached hydrogens (tertiary/aromatic N) is 2. The number of hydrogen-bond acceptors (Lipinski definition) is 3. The number of aromatic nitrogens is 1. The minimum Gasteiger partial charge on any atom is -0.494 e. The van der Waals surface area contributed by atoms with E-state index in [1.807, 2.05) is 24.3 Å². The minimum atomic E-state index is -0.0604. The maximum absolute atomic E-state index is 12.2. The number of nitriles is 1. The van der Waals surface area contributed by atoms with Crippen LogP contribution in [-0.4, -0.2) is 11.2 Å². The smallest absolute Gasteiger partial charge is 0.258 e. The summed E-state index contributed by atoms with van der Waals surface area (Å²) in [6.07, 6.45) is 3.02. The molecule has 2 rings (SSSR count). The van der Waals surface area contributed by atoms with Crippen LogP contribution in [0.1, 0.15) is 19.8 Å². The van der Waals surface area contributed by atoms with Gasteiger partial charge >= 0.3 is 0 Å². The quantitative estimate of drug-likeness (QED) is 0.826. The van der Waals surface area contributed by atoms with E-state index in [0.29, 0.717) is 25.0 Å². The highest BCUT2D eigenvalue weighted by molar-refractivity contribution is 5.82. The molecule has 0 fully saturated rings. The van der Waals surface area contributed by atoms with Crippen LogP contribution < -0.4 is 10.3 Å². The Morgan fingerprint density at radius 2 is 2.21 bits per heavy atom. The topological polar surface area (TPSA) is 55.0 Å². The molecule has 2 aromatic rings. The van der Waals surface area contributed by atoms with Crippen molar-refractivity contribution in [3.05, 3.63) is 40.8 Å². The molecule has 0 saturated heterocycles. The van der Waals surface area contributed by atoms with E-state index in [4.69, 9.17) is 10.00 Å². The van der Waals surface area contributed by atoms with Crippen molar-refractivity contribution in [2.24, 2.45) is 0 Å². The number of rotatable bonds is 5. The van der Waals surface area contributed by atoms with Crippen LogP contribution in [-0.2, 0) is 6.54 Å². The van der Waals surface area contributed by atoms with Gasteiger partial charge in [-0.25, -0.2) is 0 Å². The van der Waals surface area contributed by atoms with Crippen LogP contribution in [0.25, 0.3) is 10.8 Å². The molecular weight excluding hydrogens is 240 g/mol. The van der Waals surface area contributed by atoms with Gasteiger partial charge in [0.1, 0.15) is 5.75 Å². The molecule has 4 nitrogen and oxygen atoms in total. The van der Waals surface area contributed by atoms with Gasteiger partial charge in [-0.15, -0.1) is 0 Å². The van der Waals surface area contributed by atoms with Gasteiger partial charge in [-0.3, -0.25) is 4.79 Å². The highest BCUT2D eigenvalue weighted by Crippen LogP contribution is 2.18. The fourth-order valence-electron chi connectivity index (χ4n) is 1.92.